The summed E-state index contributed by atoms with van der Waals surface area (Å²) in [5, 5.41) is 7.50. The van der Waals surface area contributed by atoms with Gasteiger partial charge in [0.2, 0.25) is 0 Å². The van der Waals surface area contributed by atoms with E-state index in [4.69, 9.17) is 0 Å². The molecule has 5 nitrogen and oxygen atoms in total. The van der Waals surface area contributed by atoms with Crippen molar-refractivity contribution in [3.63, 3.8) is 0 Å². The minimum atomic E-state index is -5.05. The number of alkyl halides is 6. The maximum atomic E-state index is 12.9. The minimum absolute atomic E-state index is 0.0476. The van der Waals surface area contributed by atoms with E-state index >= 15 is 0 Å². The van der Waals surface area contributed by atoms with Crippen LogP contribution in [0.1, 0.15) is 40.9 Å². The summed E-state index contributed by atoms with van der Waals surface area (Å²) < 4.78 is 77.6. The first kappa shape index (κ1) is 24.0. The number of carbonyl (C=O) groups excluding carboxylic acids is 2. The Morgan fingerprint density at radius 3 is 1.84 bits per heavy atom. The summed E-state index contributed by atoms with van der Waals surface area (Å²) in [4.78, 5) is 23.8. The van der Waals surface area contributed by atoms with E-state index in [0.29, 0.717) is 17.7 Å². The molecule has 0 saturated carbocycles. The largest absolute Gasteiger partial charge is 0.416 e. The Hall–Kier alpha value is -3.24. The third-order valence-corrected chi connectivity index (χ3v) is 3.93. The van der Waals surface area contributed by atoms with E-state index in [1.807, 2.05) is 0 Å². The number of hydrogen-bond donors (Lipinski definition) is 3. The number of nitrogens with one attached hydrogen (secondary N) is 3. The molecule has 0 atom stereocenters. The van der Waals surface area contributed by atoms with Crippen LogP contribution in [-0.4, -0.2) is 18.0 Å². The highest BCUT2D eigenvalue weighted by Gasteiger charge is 2.37. The van der Waals surface area contributed by atoms with Crippen molar-refractivity contribution in [1.82, 2.24) is 10.6 Å². The maximum Gasteiger partial charge on any atom is 0.416 e. The lowest BCUT2D eigenvalue weighted by Gasteiger charge is -2.14. The van der Waals surface area contributed by atoms with Gasteiger partial charge in [-0.2, -0.15) is 26.3 Å². The van der Waals surface area contributed by atoms with Gasteiger partial charge < -0.3 is 16.0 Å². The quantitative estimate of drug-likeness (QED) is 0.553. The van der Waals surface area contributed by atoms with Crippen LogP contribution in [0.2, 0.25) is 0 Å². The fourth-order valence-electron chi connectivity index (χ4n) is 2.49. The van der Waals surface area contributed by atoms with Gasteiger partial charge in [-0.3, -0.25) is 4.79 Å². The normalized spacial score (nSPS) is 11.9. The van der Waals surface area contributed by atoms with Gasteiger partial charge in [-0.25, -0.2) is 4.79 Å². The van der Waals surface area contributed by atoms with E-state index in [-0.39, 0.29) is 30.4 Å². The first-order chi connectivity index (χ1) is 14.3. The molecule has 0 bridgehead atoms. The van der Waals surface area contributed by atoms with Gasteiger partial charge in [0, 0.05) is 23.8 Å². The van der Waals surface area contributed by atoms with Crippen LogP contribution in [0.25, 0.3) is 0 Å². The molecule has 2 rings (SSSR count). The number of amides is 3. The second kappa shape index (κ2) is 9.27. The topological polar surface area (TPSA) is 70.2 Å². The van der Waals surface area contributed by atoms with E-state index in [1.54, 1.807) is 26.0 Å². The van der Waals surface area contributed by atoms with Crippen LogP contribution in [0, 0.1) is 0 Å². The van der Waals surface area contributed by atoms with Crippen molar-refractivity contribution in [1.29, 1.82) is 0 Å². The standard InChI is InChI=1S/C20H19F6N3O2/c1-11(2)28-18(31)27-10-12-3-5-16(6-4-12)29-17(30)13-7-14(19(21,22)23)9-15(8-13)20(24,25)26/h3-9,11H,10H2,1-2H3,(H,29,30)(H2,27,28,31). The van der Waals surface area contributed by atoms with Crippen molar-refractivity contribution < 1.29 is 35.9 Å². The predicted octanol–water partition coefficient (Wildman–Crippen LogP) is 5.18. The molecule has 0 unspecified atom stereocenters. The van der Waals surface area contributed by atoms with Crippen LogP contribution in [0.5, 0.6) is 0 Å². The smallest absolute Gasteiger partial charge is 0.336 e. The summed E-state index contributed by atoms with van der Waals surface area (Å²) >= 11 is 0. The Morgan fingerprint density at radius 1 is 0.871 bits per heavy atom. The van der Waals surface area contributed by atoms with Crippen molar-refractivity contribution >= 4 is 17.6 Å². The summed E-state index contributed by atoms with van der Waals surface area (Å²) in [6.45, 7) is 3.76. The van der Waals surface area contributed by atoms with E-state index < -0.39 is 35.0 Å². The SMILES string of the molecule is CC(C)NC(=O)NCc1ccc(NC(=O)c2cc(C(F)(F)F)cc(C(F)(F)F)c2)cc1. The highest BCUT2D eigenvalue weighted by molar-refractivity contribution is 6.04. The van der Waals surface area contributed by atoms with Gasteiger partial charge in [-0.15, -0.1) is 0 Å². The molecule has 2 aromatic carbocycles. The van der Waals surface area contributed by atoms with Crippen LogP contribution < -0.4 is 16.0 Å². The van der Waals surface area contributed by atoms with E-state index in [9.17, 15) is 35.9 Å². The van der Waals surface area contributed by atoms with Crippen LogP contribution in [0.4, 0.5) is 36.8 Å². The first-order valence-corrected chi connectivity index (χ1v) is 9.00. The molecule has 0 aliphatic carbocycles. The summed E-state index contributed by atoms with van der Waals surface area (Å²) in [7, 11) is 0. The summed E-state index contributed by atoms with van der Waals surface area (Å²) in [5.41, 5.74) is -3.11. The molecule has 2 aromatic rings. The summed E-state index contributed by atoms with van der Waals surface area (Å²) in [5.74, 6) is -1.13. The fraction of sp³-hybridized carbons (Fsp3) is 0.300. The van der Waals surface area contributed by atoms with Crippen molar-refractivity contribution in [2.45, 2.75) is 38.8 Å². The van der Waals surface area contributed by atoms with Crippen molar-refractivity contribution in [3.05, 3.63) is 64.7 Å². The number of benzene rings is 2. The van der Waals surface area contributed by atoms with Crippen LogP contribution in [0.3, 0.4) is 0 Å². The number of anilines is 1. The average Bonchev–Trinajstić information content (AvgIpc) is 2.65. The number of carbonyl (C=O) groups is 2. The summed E-state index contributed by atoms with van der Waals surface area (Å²) in [6, 6.07) is 6.14. The monoisotopic (exact) mass is 447 g/mol. The zero-order chi connectivity index (χ0) is 23.4. The molecule has 11 heteroatoms. The van der Waals surface area contributed by atoms with E-state index in [0.717, 1.165) is 0 Å². The predicted molar refractivity (Wildman–Crippen MR) is 101 cm³/mol. The molecular weight excluding hydrogens is 428 g/mol. The summed E-state index contributed by atoms with van der Waals surface area (Å²) in [6.07, 6.45) is -10.1. The van der Waals surface area contributed by atoms with Gasteiger partial charge in [0.05, 0.1) is 11.1 Å². The average molecular weight is 447 g/mol. The number of hydrogen-bond acceptors (Lipinski definition) is 2. The number of urea groups is 1. The van der Waals surface area contributed by atoms with Crippen molar-refractivity contribution in [2.24, 2.45) is 0 Å². The molecular formula is C20H19F6N3O2. The molecule has 0 saturated heterocycles. The third-order valence-electron chi connectivity index (χ3n) is 3.93. The van der Waals surface area contributed by atoms with Gasteiger partial charge in [0.1, 0.15) is 0 Å². The van der Waals surface area contributed by atoms with Gasteiger partial charge in [0.25, 0.3) is 5.91 Å². The molecule has 0 spiro atoms. The molecule has 31 heavy (non-hydrogen) atoms. The Balaban J connectivity index is 2.13. The zero-order valence-electron chi connectivity index (χ0n) is 16.4. The maximum absolute atomic E-state index is 12.9. The lowest BCUT2D eigenvalue weighted by molar-refractivity contribution is -0.143. The van der Waals surface area contributed by atoms with E-state index in [1.165, 1.54) is 12.1 Å². The first-order valence-electron chi connectivity index (χ1n) is 9.00. The molecule has 0 aliphatic rings. The number of rotatable bonds is 5. The molecule has 0 heterocycles. The molecule has 168 valence electrons. The zero-order valence-corrected chi connectivity index (χ0v) is 16.4. The molecule has 3 amide bonds. The lowest BCUT2D eigenvalue weighted by atomic mass is 10.0. The van der Waals surface area contributed by atoms with Crippen LogP contribution in [0.15, 0.2) is 42.5 Å². The van der Waals surface area contributed by atoms with Crippen molar-refractivity contribution in [3.8, 4) is 0 Å². The Kier molecular flexibility index (Phi) is 7.19. The third kappa shape index (κ3) is 7.19. The Morgan fingerprint density at radius 2 is 1.39 bits per heavy atom. The molecule has 0 aromatic heterocycles. The van der Waals surface area contributed by atoms with E-state index in [2.05, 4.69) is 16.0 Å². The molecule has 3 N–H and O–H groups in total. The second-order valence-corrected chi connectivity index (χ2v) is 6.93. The van der Waals surface area contributed by atoms with Gasteiger partial charge in [-0.1, -0.05) is 12.1 Å². The fourth-order valence-corrected chi connectivity index (χ4v) is 2.49. The highest BCUT2D eigenvalue weighted by atomic mass is 19.4. The van der Waals surface area contributed by atoms with Crippen LogP contribution >= 0.6 is 0 Å². The van der Waals surface area contributed by atoms with Gasteiger partial charge in [0.15, 0.2) is 0 Å². The van der Waals surface area contributed by atoms with Crippen molar-refractivity contribution in [2.75, 3.05) is 5.32 Å². The molecule has 0 radical (unpaired) electrons. The van der Waals surface area contributed by atoms with Crippen LogP contribution in [-0.2, 0) is 18.9 Å². The van der Waals surface area contributed by atoms with Gasteiger partial charge in [-0.05, 0) is 49.7 Å². The lowest BCUT2D eigenvalue weighted by Crippen LogP contribution is -2.39. The molecule has 0 fully saturated rings. The molecule has 0 aliphatic heterocycles. The highest BCUT2D eigenvalue weighted by Crippen LogP contribution is 2.36. The minimum Gasteiger partial charge on any atom is -0.336 e. The van der Waals surface area contributed by atoms with Gasteiger partial charge >= 0.3 is 18.4 Å². The number of halogens is 6. The Bertz CT molecular complexity index is 905. The Labute approximate surface area is 173 Å². The second-order valence-electron chi connectivity index (χ2n) is 6.93.